The van der Waals surface area contributed by atoms with Crippen LogP contribution in [0.2, 0.25) is 0 Å². The van der Waals surface area contributed by atoms with Crippen LogP contribution < -0.4 is 15.8 Å². The van der Waals surface area contributed by atoms with Crippen LogP contribution in [-0.4, -0.2) is 26.6 Å². The van der Waals surface area contributed by atoms with Gasteiger partial charge in [-0.3, -0.25) is 9.52 Å². The van der Waals surface area contributed by atoms with Crippen LogP contribution in [0.4, 0.5) is 5.69 Å². The lowest BCUT2D eigenvalue weighted by atomic mass is 10.1. The smallest absolute Gasteiger partial charge is 0.237 e. The molecule has 0 aromatic heterocycles. The molecule has 0 aliphatic carbocycles. The molecule has 2 atom stereocenters. The first kappa shape index (κ1) is 18.7. The summed E-state index contributed by atoms with van der Waals surface area (Å²) in [6.07, 6.45) is 1.08. The molecule has 114 valence electrons. The van der Waals surface area contributed by atoms with E-state index in [2.05, 4.69) is 10.0 Å². The SMILES string of the molecule is CC(NC(=O)[C@@H](C)N)c1ccccc1NS(C)(=O)=O.Cl. The van der Waals surface area contributed by atoms with E-state index in [1.807, 2.05) is 0 Å². The van der Waals surface area contributed by atoms with Gasteiger partial charge in [0.15, 0.2) is 0 Å². The molecule has 0 aliphatic heterocycles. The number of carbonyl (C=O) groups excluding carboxylic acids is 1. The number of hydrogen-bond acceptors (Lipinski definition) is 4. The van der Waals surface area contributed by atoms with Gasteiger partial charge in [0.1, 0.15) is 0 Å². The summed E-state index contributed by atoms with van der Waals surface area (Å²) in [7, 11) is -3.37. The molecule has 1 amide bonds. The first-order valence-corrected chi connectivity index (χ1v) is 7.72. The predicted octanol–water partition coefficient (Wildman–Crippen LogP) is 1.00. The second-order valence-electron chi connectivity index (χ2n) is 4.48. The van der Waals surface area contributed by atoms with Crippen molar-refractivity contribution < 1.29 is 13.2 Å². The first-order chi connectivity index (χ1) is 8.70. The van der Waals surface area contributed by atoms with E-state index in [9.17, 15) is 13.2 Å². The minimum absolute atomic E-state index is 0. The average Bonchev–Trinajstić information content (AvgIpc) is 2.27. The number of carbonyl (C=O) groups is 1. The van der Waals surface area contributed by atoms with E-state index >= 15 is 0 Å². The average molecular weight is 322 g/mol. The summed E-state index contributed by atoms with van der Waals surface area (Å²) in [6.45, 7) is 3.35. The molecular weight excluding hydrogens is 302 g/mol. The van der Waals surface area contributed by atoms with Crippen LogP contribution in [0.5, 0.6) is 0 Å². The van der Waals surface area contributed by atoms with Crippen molar-refractivity contribution in [2.45, 2.75) is 25.9 Å². The topological polar surface area (TPSA) is 101 Å². The van der Waals surface area contributed by atoms with Crippen molar-refractivity contribution >= 4 is 34.0 Å². The Balaban J connectivity index is 0.00000361. The fourth-order valence-electron chi connectivity index (χ4n) is 1.59. The van der Waals surface area contributed by atoms with E-state index in [1.165, 1.54) is 0 Å². The summed E-state index contributed by atoms with van der Waals surface area (Å²) in [4.78, 5) is 11.5. The highest BCUT2D eigenvalue weighted by Crippen LogP contribution is 2.23. The van der Waals surface area contributed by atoms with Crippen LogP contribution in [-0.2, 0) is 14.8 Å². The molecular formula is C12H20ClN3O3S. The van der Waals surface area contributed by atoms with Crippen molar-refractivity contribution in [3.63, 3.8) is 0 Å². The number of sulfonamides is 1. The summed E-state index contributed by atoms with van der Waals surface area (Å²) in [5, 5.41) is 2.72. The van der Waals surface area contributed by atoms with E-state index in [0.29, 0.717) is 11.3 Å². The van der Waals surface area contributed by atoms with Crippen molar-refractivity contribution in [3.05, 3.63) is 29.8 Å². The minimum atomic E-state index is -3.37. The summed E-state index contributed by atoms with van der Waals surface area (Å²) >= 11 is 0. The van der Waals surface area contributed by atoms with Gasteiger partial charge in [-0.25, -0.2) is 8.42 Å². The molecule has 0 heterocycles. The Kier molecular flexibility index (Phi) is 6.98. The molecule has 0 radical (unpaired) electrons. The van der Waals surface area contributed by atoms with Crippen LogP contribution in [0.25, 0.3) is 0 Å². The molecule has 1 aromatic rings. The highest BCUT2D eigenvalue weighted by molar-refractivity contribution is 7.92. The van der Waals surface area contributed by atoms with E-state index in [-0.39, 0.29) is 24.4 Å². The van der Waals surface area contributed by atoms with Crippen LogP contribution in [0.15, 0.2) is 24.3 Å². The van der Waals surface area contributed by atoms with Crippen molar-refractivity contribution in [3.8, 4) is 0 Å². The Morgan fingerprint density at radius 1 is 1.25 bits per heavy atom. The Morgan fingerprint density at radius 3 is 2.30 bits per heavy atom. The van der Waals surface area contributed by atoms with Gasteiger partial charge >= 0.3 is 0 Å². The van der Waals surface area contributed by atoms with E-state index < -0.39 is 16.1 Å². The van der Waals surface area contributed by atoms with E-state index in [1.54, 1.807) is 38.1 Å². The molecule has 0 saturated heterocycles. The second-order valence-corrected chi connectivity index (χ2v) is 6.23. The van der Waals surface area contributed by atoms with E-state index in [4.69, 9.17) is 5.73 Å². The zero-order chi connectivity index (χ0) is 14.6. The predicted molar refractivity (Wildman–Crippen MR) is 82.4 cm³/mol. The van der Waals surface area contributed by atoms with Gasteiger partial charge in [0.25, 0.3) is 0 Å². The lowest BCUT2D eigenvalue weighted by molar-refractivity contribution is -0.122. The first-order valence-electron chi connectivity index (χ1n) is 5.83. The lowest BCUT2D eigenvalue weighted by Crippen LogP contribution is -2.39. The number of halogens is 1. The summed E-state index contributed by atoms with van der Waals surface area (Å²) in [6, 6.07) is 5.93. The largest absolute Gasteiger partial charge is 0.348 e. The van der Waals surface area contributed by atoms with Gasteiger partial charge in [0, 0.05) is 0 Å². The van der Waals surface area contributed by atoms with Crippen LogP contribution in [0.1, 0.15) is 25.5 Å². The van der Waals surface area contributed by atoms with Crippen molar-refractivity contribution in [1.82, 2.24) is 5.32 Å². The van der Waals surface area contributed by atoms with Gasteiger partial charge in [0.2, 0.25) is 15.9 Å². The van der Waals surface area contributed by atoms with Crippen LogP contribution in [0, 0.1) is 0 Å². The fourth-order valence-corrected chi connectivity index (χ4v) is 2.18. The molecule has 1 rings (SSSR count). The number of amides is 1. The molecule has 0 saturated carbocycles. The van der Waals surface area contributed by atoms with Gasteiger partial charge < -0.3 is 11.1 Å². The maximum absolute atomic E-state index is 11.5. The quantitative estimate of drug-likeness (QED) is 0.753. The number of nitrogens with two attached hydrogens (primary N) is 1. The molecule has 0 spiro atoms. The number of hydrogen-bond donors (Lipinski definition) is 3. The van der Waals surface area contributed by atoms with E-state index in [0.717, 1.165) is 6.26 Å². The normalized spacial score (nSPS) is 13.8. The number of para-hydroxylation sites is 1. The molecule has 4 N–H and O–H groups in total. The van der Waals surface area contributed by atoms with Crippen molar-refractivity contribution in [2.24, 2.45) is 5.73 Å². The third kappa shape index (κ3) is 5.77. The van der Waals surface area contributed by atoms with Gasteiger partial charge in [-0.2, -0.15) is 0 Å². The molecule has 20 heavy (non-hydrogen) atoms. The summed E-state index contributed by atoms with van der Waals surface area (Å²) in [5.74, 6) is -0.290. The number of benzene rings is 1. The standard InChI is InChI=1S/C12H19N3O3S.ClH/c1-8(13)12(16)14-9(2)10-6-4-5-7-11(10)15-19(3,17)18;/h4-9,15H,13H2,1-3H3,(H,14,16);1H/t8-,9?;/m1./s1. The van der Waals surface area contributed by atoms with Gasteiger partial charge in [0.05, 0.1) is 24.0 Å². The van der Waals surface area contributed by atoms with Crippen molar-refractivity contribution in [2.75, 3.05) is 11.0 Å². The highest BCUT2D eigenvalue weighted by atomic mass is 35.5. The molecule has 0 bridgehead atoms. The number of anilines is 1. The lowest BCUT2D eigenvalue weighted by Gasteiger charge is -2.19. The Hall–Kier alpha value is -1.31. The molecule has 0 aliphatic rings. The third-order valence-corrected chi connectivity index (χ3v) is 3.09. The molecule has 1 aromatic carbocycles. The van der Waals surface area contributed by atoms with Crippen LogP contribution in [0.3, 0.4) is 0 Å². The van der Waals surface area contributed by atoms with Crippen molar-refractivity contribution in [1.29, 1.82) is 0 Å². The van der Waals surface area contributed by atoms with Crippen LogP contribution >= 0.6 is 12.4 Å². The maximum atomic E-state index is 11.5. The monoisotopic (exact) mass is 321 g/mol. The zero-order valence-corrected chi connectivity index (χ0v) is 13.2. The molecule has 0 fully saturated rings. The minimum Gasteiger partial charge on any atom is -0.348 e. The number of rotatable bonds is 5. The van der Waals surface area contributed by atoms with Gasteiger partial charge in [-0.1, -0.05) is 18.2 Å². The second kappa shape index (κ2) is 7.47. The fraction of sp³-hybridized carbons (Fsp3) is 0.417. The Labute approximate surface area is 125 Å². The third-order valence-electron chi connectivity index (χ3n) is 2.49. The Morgan fingerprint density at radius 2 is 1.80 bits per heavy atom. The zero-order valence-electron chi connectivity index (χ0n) is 11.6. The summed E-state index contributed by atoms with van der Waals surface area (Å²) in [5.41, 5.74) is 6.61. The van der Waals surface area contributed by atoms with Gasteiger partial charge in [-0.15, -0.1) is 12.4 Å². The number of nitrogens with one attached hydrogen (secondary N) is 2. The molecule has 1 unspecified atom stereocenters. The molecule has 6 nitrogen and oxygen atoms in total. The highest BCUT2D eigenvalue weighted by Gasteiger charge is 2.16. The Bertz CT molecular complexity index is 561. The maximum Gasteiger partial charge on any atom is 0.237 e. The summed E-state index contributed by atoms with van der Waals surface area (Å²) < 4.78 is 25.0. The molecule has 8 heteroatoms. The van der Waals surface area contributed by atoms with Gasteiger partial charge in [-0.05, 0) is 25.5 Å².